The molecule has 8 heteroatoms. The van der Waals surface area contributed by atoms with Crippen molar-refractivity contribution in [1.82, 2.24) is 0 Å². The standard InChI is InChI=1S/C20H22F4O3S/c1-28-17-12-25-18(26-13-17)7-5-3-2-4-6-15-8-10-16(11-9-15)27-14-20(23,24)19(21)22/h2-11,17-19H,12-14H2,1H3. The smallest absolute Gasteiger partial charge is 0.340 e. The topological polar surface area (TPSA) is 27.7 Å². The second-order valence-electron chi connectivity index (χ2n) is 5.94. The minimum absolute atomic E-state index is 0.104. The molecule has 0 unspecified atom stereocenters. The van der Waals surface area contributed by atoms with E-state index in [2.05, 4.69) is 0 Å². The molecular weight excluding hydrogens is 396 g/mol. The van der Waals surface area contributed by atoms with Gasteiger partial charge in [0, 0.05) is 0 Å². The third-order valence-electron chi connectivity index (χ3n) is 3.75. The molecule has 0 atom stereocenters. The zero-order valence-electron chi connectivity index (χ0n) is 15.3. The highest BCUT2D eigenvalue weighted by atomic mass is 32.2. The Bertz CT molecular complexity index is 667. The Kier molecular flexibility index (Phi) is 9.08. The molecule has 3 nitrogen and oxygen atoms in total. The number of allylic oxidation sites excluding steroid dienone is 4. The molecule has 0 saturated carbocycles. The fraction of sp³-hybridized carbons (Fsp3) is 0.400. The summed E-state index contributed by atoms with van der Waals surface area (Å²) in [5.41, 5.74) is 0.809. The average Bonchev–Trinajstić information content (AvgIpc) is 2.70. The molecule has 0 spiro atoms. The summed E-state index contributed by atoms with van der Waals surface area (Å²) in [5, 5.41) is 0.376. The van der Waals surface area contributed by atoms with Gasteiger partial charge in [-0.05, 0) is 30.0 Å². The van der Waals surface area contributed by atoms with Gasteiger partial charge in [-0.2, -0.15) is 20.5 Å². The van der Waals surface area contributed by atoms with Crippen molar-refractivity contribution in [3.8, 4) is 5.75 Å². The predicted octanol–water partition coefficient (Wildman–Crippen LogP) is 5.20. The van der Waals surface area contributed by atoms with Crippen LogP contribution in [0.15, 0.2) is 54.6 Å². The lowest BCUT2D eigenvalue weighted by Gasteiger charge is -2.26. The van der Waals surface area contributed by atoms with E-state index in [1.807, 2.05) is 30.6 Å². The number of rotatable bonds is 9. The number of ether oxygens (including phenoxy) is 3. The van der Waals surface area contributed by atoms with Crippen molar-refractivity contribution in [2.75, 3.05) is 26.1 Å². The molecule has 1 aromatic rings. The minimum atomic E-state index is -4.17. The highest BCUT2D eigenvalue weighted by molar-refractivity contribution is 7.99. The maximum atomic E-state index is 12.8. The van der Waals surface area contributed by atoms with Crippen molar-refractivity contribution in [2.24, 2.45) is 0 Å². The fourth-order valence-corrected chi connectivity index (χ4v) is 2.54. The summed E-state index contributed by atoms with van der Waals surface area (Å²) in [5.74, 6) is -4.06. The second-order valence-corrected chi connectivity index (χ2v) is 7.08. The van der Waals surface area contributed by atoms with E-state index < -0.39 is 19.0 Å². The van der Waals surface area contributed by atoms with Crippen molar-refractivity contribution >= 4 is 17.8 Å². The lowest BCUT2D eigenvalue weighted by atomic mass is 10.2. The fourth-order valence-electron chi connectivity index (χ4n) is 2.12. The normalized spacial score (nSPS) is 21.4. The van der Waals surface area contributed by atoms with Gasteiger partial charge in [-0.15, -0.1) is 0 Å². The van der Waals surface area contributed by atoms with E-state index in [0.29, 0.717) is 18.5 Å². The summed E-state index contributed by atoms with van der Waals surface area (Å²) in [4.78, 5) is 0. The minimum Gasteiger partial charge on any atom is -0.487 e. The van der Waals surface area contributed by atoms with E-state index in [9.17, 15) is 17.6 Å². The number of hydrogen-bond donors (Lipinski definition) is 0. The van der Waals surface area contributed by atoms with Crippen LogP contribution < -0.4 is 4.74 Å². The summed E-state index contributed by atoms with van der Waals surface area (Å²) in [6.07, 6.45) is 8.84. The first-order chi connectivity index (χ1) is 13.4. The van der Waals surface area contributed by atoms with Crippen LogP contribution in [0.2, 0.25) is 0 Å². The van der Waals surface area contributed by atoms with Gasteiger partial charge in [0.05, 0.1) is 18.5 Å². The molecule has 0 aliphatic carbocycles. The number of thioether (sulfide) groups is 1. The Morgan fingerprint density at radius 3 is 2.36 bits per heavy atom. The molecule has 0 bridgehead atoms. The van der Waals surface area contributed by atoms with Crippen LogP contribution in [0.5, 0.6) is 5.75 Å². The molecule has 0 aromatic heterocycles. The molecular formula is C20H22F4O3S. The van der Waals surface area contributed by atoms with Gasteiger partial charge in [-0.3, -0.25) is 0 Å². The third kappa shape index (κ3) is 7.69. The zero-order valence-corrected chi connectivity index (χ0v) is 16.1. The van der Waals surface area contributed by atoms with Crippen LogP contribution in [0.3, 0.4) is 0 Å². The third-order valence-corrected chi connectivity index (χ3v) is 4.69. The van der Waals surface area contributed by atoms with Gasteiger partial charge in [0.25, 0.3) is 0 Å². The van der Waals surface area contributed by atoms with E-state index in [1.165, 1.54) is 12.1 Å². The van der Waals surface area contributed by atoms with Crippen LogP contribution in [0.1, 0.15) is 5.56 Å². The van der Waals surface area contributed by atoms with Gasteiger partial charge in [0.15, 0.2) is 12.9 Å². The summed E-state index contributed by atoms with van der Waals surface area (Å²) >= 11 is 1.72. The first-order valence-electron chi connectivity index (χ1n) is 8.57. The maximum absolute atomic E-state index is 12.8. The lowest BCUT2D eigenvalue weighted by molar-refractivity contribution is -0.148. The van der Waals surface area contributed by atoms with Crippen molar-refractivity contribution < 1.29 is 31.8 Å². The number of hydrogen-bond acceptors (Lipinski definition) is 4. The number of benzene rings is 1. The van der Waals surface area contributed by atoms with E-state index in [1.54, 1.807) is 36.0 Å². The van der Waals surface area contributed by atoms with Crippen LogP contribution in [0.4, 0.5) is 17.6 Å². The second kappa shape index (κ2) is 11.3. The molecule has 28 heavy (non-hydrogen) atoms. The molecule has 154 valence electrons. The van der Waals surface area contributed by atoms with Crippen LogP contribution in [0.25, 0.3) is 6.08 Å². The van der Waals surface area contributed by atoms with Crippen molar-refractivity contribution in [3.63, 3.8) is 0 Å². The van der Waals surface area contributed by atoms with Crippen LogP contribution in [-0.2, 0) is 9.47 Å². The molecule has 0 N–H and O–H groups in total. The molecule has 1 aliphatic heterocycles. The first-order valence-corrected chi connectivity index (χ1v) is 9.86. The Labute approximate surface area is 166 Å². The van der Waals surface area contributed by atoms with Crippen LogP contribution >= 0.6 is 11.8 Å². The van der Waals surface area contributed by atoms with E-state index in [-0.39, 0.29) is 12.0 Å². The lowest BCUT2D eigenvalue weighted by Crippen LogP contribution is -2.33. The molecule has 2 rings (SSSR count). The molecule has 1 saturated heterocycles. The average molecular weight is 418 g/mol. The zero-order chi connectivity index (χ0) is 20.4. The maximum Gasteiger partial charge on any atom is 0.340 e. The summed E-state index contributed by atoms with van der Waals surface area (Å²) < 4.78 is 65.6. The summed E-state index contributed by atoms with van der Waals surface area (Å²) in [6.45, 7) is -0.0279. The summed E-state index contributed by atoms with van der Waals surface area (Å²) in [7, 11) is 0. The van der Waals surface area contributed by atoms with Gasteiger partial charge in [-0.1, -0.05) is 42.5 Å². The molecule has 1 aliphatic rings. The Balaban J connectivity index is 1.73. The van der Waals surface area contributed by atoms with Gasteiger partial charge in [0.2, 0.25) is 0 Å². The Hall–Kier alpha value is -1.77. The number of alkyl halides is 4. The van der Waals surface area contributed by atoms with Crippen LogP contribution in [0, 0.1) is 0 Å². The van der Waals surface area contributed by atoms with Gasteiger partial charge < -0.3 is 14.2 Å². The molecule has 0 amide bonds. The monoisotopic (exact) mass is 418 g/mol. The first kappa shape index (κ1) is 22.5. The molecule has 1 fully saturated rings. The molecule has 1 aromatic carbocycles. The highest BCUT2D eigenvalue weighted by Crippen LogP contribution is 2.24. The molecule has 0 radical (unpaired) electrons. The van der Waals surface area contributed by atoms with Crippen molar-refractivity contribution in [1.29, 1.82) is 0 Å². The number of halogens is 4. The largest absolute Gasteiger partial charge is 0.487 e. The quantitative estimate of drug-likeness (QED) is 0.407. The van der Waals surface area contributed by atoms with Crippen molar-refractivity contribution in [2.45, 2.75) is 23.9 Å². The van der Waals surface area contributed by atoms with Gasteiger partial charge in [-0.25, -0.2) is 8.78 Å². The Morgan fingerprint density at radius 1 is 1.11 bits per heavy atom. The Morgan fingerprint density at radius 2 is 1.75 bits per heavy atom. The predicted molar refractivity (Wildman–Crippen MR) is 103 cm³/mol. The van der Waals surface area contributed by atoms with Crippen molar-refractivity contribution in [3.05, 3.63) is 60.2 Å². The van der Waals surface area contributed by atoms with E-state index >= 15 is 0 Å². The van der Waals surface area contributed by atoms with Gasteiger partial charge >= 0.3 is 12.3 Å². The van der Waals surface area contributed by atoms with Crippen LogP contribution in [-0.4, -0.2) is 50.0 Å². The molecule has 1 heterocycles. The summed E-state index contributed by atoms with van der Waals surface area (Å²) in [6, 6.07) is 6.18. The van der Waals surface area contributed by atoms with Gasteiger partial charge in [0.1, 0.15) is 5.75 Å². The van der Waals surface area contributed by atoms with E-state index in [0.717, 1.165) is 5.56 Å². The SMILES string of the molecule is CSC1COC(C=CC=CC=Cc2ccc(OCC(F)(F)C(F)F)cc2)OC1. The van der Waals surface area contributed by atoms with E-state index in [4.69, 9.17) is 14.2 Å². The highest BCUT2D eigenvalue weighted by Gasteiger charge is 2.41.